The number of carbonyl (C=O) groups is 2. The van der Waals surface area contributed by atoms with Crippen molar-refractivity contribution in [1.29, 1.82) is 0 Å². The van der Waals surface area contributed by atoms with Crippen LogP contribution in [0, 0.1) is 11.8 Å². The molecular weight excluding hydrogens is 891 g/mol. The number of hydrogen-bond acceptors (Lipinski definition) is 6. The summed E-state index contributed by atoms with van der Waals surface area (Å²) in [6.45, 7) is 7.69. The fraction of sp³-hybridized carbons (Fsp3) is 0.579. The lowest BCUT2D eigenvalue weighted by molar-refractivity contribution is -0.181. The summed E-state index contributed by atoms with van der Waals surface area (Å²) < 4.78 is 88.8. The van der Waals surface area contributed by atoms with E-state index in [1.165, 1.54) is 94.6 Å². The zero-order chi connectivity index (χ0) is 50.3. The first-order valence-corrected chi connectivity index (χ1v) is 25.8. The van der Waals surface area contributed by atoms with E-state index < -0.39 is 36.1 Å². The molecule has 69 heavy (non-hydrogen) atoms. The maximum Gasteiger partial charge on any atom is 0.391 e. The molecule has 4 aromatic rings. The molecule has 2 atom stereocenters. The molecule has 0 fully saturated rings. The number of aryl methyl sites for hydroxylation is 2. The molecule has 2 heterocycles. The molecule has 0 bridgehead atoms. The Hall–Kier alpha value is -4.74. The number of alkyl halides is 6. The first-order valence-electron chi connectivity index (χ1n) is 25.8. The van der Waals surface area contributed by atoms with Gasteiger partial charge < -0.3 is 9.47 Å². The van der Waals surface area contributed by atoms with Gasteiger partial charge in [-0.3, -0.25) is 9.97 Å². The molecule has 0 aliphatic carbocycles. The van der Waals surface area contributed by atoms with Gasteiger partial charge in [-0.05, 0) is 98.9 Å². The smallest absolute Gasteiger partial charge is 0.391 e. The third-order valence-electron chi connectivity index (χ3n) is 12.5. The van der Waals surface area contributed by atoms with Gasteiger partial charge in [-0.2, -0.15) is 26.3 Å². The summed E-state index contributed by atoms with van der Waals surface area (Å²) >= 11 is 0. The van der Waals surface area contributed by atoms with E-state index in [-0.39, 0.29) is 38.9 Å². The Bertz CT molecular complexity index is 1970. The number of carbonyl (C=O) groups excluding carboxylic acids is 2. The van der Waals surface area contributed by atoms with Gasteiger partial charge in [0.15, 0.2) is 0 Å². The second-order valence-corrected chi connectivity index (χ2v) is 18.3. The molecule has 2 aromatic carbocycles. The lowest BCUT2D eigenvalue weighted by Crippen LogP contribution is -2.25. The Morgan fingerprint density at radius 1 is 0.435 bits per heavy atom. The molecule has 0 amide bonds. The zero-order valence-corrected chi connectivity index (χ0v) is 41.7. The van der Waals surface area contributed by atoms with E-state index in [0.717, 1.165) is 35.4 Å². The minimum Gasteiger partial charge on any atom is -0.462 e. The number of ether oxygens (including phenoxy) is 2. The van der Waals surface area contributed by atoms with E-state index >= 15 is 0 Å². The number of unbranched alkanes of at least 4 members (excludes halogenated alkanes) is 13. The molecule has 0 radical (unpaired) electrons. The molecule has 2 aromatic heterocycles. The summed E-state index contributed by atoms with van der Waals surface area (Å²) in [5.41, 5.74) is 6.46. The van der Waals surface area contributed by atoms with Gasteiger partial charge in [-0.25, -0.2) is 9.59 Å². The van der Waals surface area contributed by atoms with Crippen LogP contribution in [0.3, 0.4) is 0 Å². The van der Waals surface area contributed by atoms with Crippen molar-refractivity contribution in [2.75, 3.05) is 13.2 Å². The van der Waals surface area contributed by atoms with Crippen LogP contribution in [0.2, 0.25) is 0 Å². The molecule has 6 nitrogen and oxygen atoms in total. The van der Waals surface area contributed by atoms with Crippen LogP contribution in [-0.2, 0) is 22.3 Å². The molecule has 2 unspecified atom stereocenters. The van der Waals surface area contributed by atoms with Gasteiger partial charge in [0, 0.05) is 23.5 Å². The van der Waals surface area contributed by atoms with Crippen LogP contribution in [-0.4, -0.2) is 47.5 Å². The third-order valence-corrected chi connectivity index (χ3v) is 12.5. The van der Waals surface area contributed by atoms with E-state index in [4.69, 9.17) is 9.47 Å². The van der Waals surface area contributed by atoms with Gasteiger partial charge in [0.1, 0.15) is 0 Å². The summed E-state index contributed by atoms with van der Waals surface area (Å²) in [6, 6.07) is 21.8. The lowest BCUT2D eigenvalue weighted by Gasteiger charge is -2.19. The second-order valence-electron chi connectivity index (χ2n) is 18.3. The fourth-order valence-electron chi connectivity index (χ4n) is 8.03. The summed E-state index contributed by atoms with van der Waals surface area (Å²) in [7, 11) is 0. The van der Waals surface area contributed by atoms with Crippen molar-refractivity contribution in [2.24, 2.45) is 11.8 Å². The van der Waals surface area contributed by atoms with Gasteiger partial charge in [-0.1, -0.05) is 160 Å². The highest BCUT2D eigenvalue weighted by Crippen LogP contribution is 2.34. The molecule has 0 saturated heterocycles. The predicted octanol–water partition coefficient (Wildman–Crippen LogP) is 17.5. The van der Waals surface area contributed by atoms with Crippen molar-refractivity contribution in [2.45, 2.75) is 188 Å². The van der Waals surface area contributed by atoms with Gasteiger partial charge in [0.2, 0.25) is 0 Å². The molecule has 0 saturated carbocycles. The van der Waals surface area contributed by atoms with E-state index in [9.17, 15) is 35.9 Å². The van der Waals surface area contributed by atoms with Crippen LogP contribution in [0.1, 0.15) is 194 Å². The maximum atomic E-state index is 13.1. The number of pyridine rings is 2. The first-order chi connectivity index (χ1) is 33.2. The highest BCUT2D eigenvalue weighted by Gasteiger charge is 2.39. The van der Waals surface area contributed by atoms with Gasteiger partial charge in [0.25, 0.3) is 0 Å². The first kappa shape index (κ1) is 58.6. The number of rotatable bonds is 31. The van der Waals surface area contributed by atoms with Crippen LogP contribution >= 0.6 is 0 Å². The Balaban J connectivity index is 0.000000365. The molecule has 0 aliphatic heterocycles. The summed E-state index contributed by atoms with van der Waals surface area (Å²) in [6.07, 6.45) is 16.0. The maximum absolute atomic E-state index is 13.1. The van der Waals surface area contributed by atoms with Crippen molar-refractivity contribution in [1.82, 2.24) is 9.97 Å². The van der Waals surface area contributed by atoms with Crippen molar-refractivity contribution in [3.63, 3.8) is 0 Å². The highest BCUT2D eigenvalue weighted by molar-refractivity contribution is 5.90. The number of halogens is 6. The van der Waals surface area contributed by atoms with E-state index in [0.29, 0.717) is 36.8 Å². The zero-order valence-electron chi connectivity index (χ0n) is 41.7. The van der Waals surface area contributed by atoms with Crippen LogP contribution in [0.25, 0.3) is 22.5 Å². The van der Waals surface area contributed by atoms with Crippen LogP contribution < -0.4 is 0 Å². The third kappa shape index (κ3) is 23.6. The normalized spacial score (nSPS) is 12.5. The fourth-order valence-corrected chi connectivity index (χ4v) is 8.03. The van der Waals surface area contributed by atoms with E-state index in [1.54, 1.807) is 48.5 Å². The Morgan fingerprint density at radius 2 is 0.768 bits per heavy atom. The minimum absolute atomic E-state index is 0.0665. The predicted molar refractivity (Wildman–Crippen MR) is 266 cm³/mol. The summed E-state index contributed by atoms with van der Waals surface area (Å²) in [4.78, 5) is 33.6. The van der Waals surface area contributed by atoms with Gasteiger partial charge in [0.05, 0.1) is 47.6 Å². The van der Waals surface area contributed by atoms with Crippen LogP contribution in [0.5, 0.6) is 0 Å². The van der Waals surface area contributed by atoms with Crippen molar-refractivity contribution in [3.8, 4) is 22.5 Å². The number of benzene rings is 2. The monoisotopic (exact) mass is 969 g/mol. The Morgan fingerprint density at radius 3 is 1.07 bits per heavy atom. The average molecular weight is 969 g/mol. The molecule has 4 rings (SSSR count). The Labute approximate surface area is 408 Å². The van der Waals surface area contributed by atoms with E-state index in [2.05, 4.69) is 35.9 Å². The molecular formula is C57H78F6N2O4. The standard InChI is InChI=1S/C29H40F3NO2.C28H38F3NO2/c1-3-5-7-8-9-10-11-12-23-14-19-27(33-22-23)24-15-17-25(18-16-24)28(34)35-21-20-26(13-6-4-2)29(30,31)32;1-3-5-7-8-9-10-11-22-13-18-26(32-21-22)23-14-16-24(17-15-23)27(33)34-20-19-25(12-6-4-2)28(29,30)31/h14-19,22,26H,3-13,20-21H2,1-2H3;13-18,21,25H,3-12,19-20H2,1-2H3. The number of hydrogen-bond donors (Lipinski definition) is 0. The molecule has 0 N–H and O–H groups in total. The molecule has 0 spiro atoms. The minimum atomic E-state index is -4.26. The quantitative estimate of drug-likeness (QED) is 0.0284. The summed E-state index contributed by atoms with van der Waals surface area (Å²) in [5.74, 6) is -4.08. The van der Waals surface area contributed by atoms with Crippen molar-refractivity contribution < 1.29 is 45.4 Å². The average Bonchev–Trinajstić information content (AvgIpc) is 3.34. The number of esters is 2. The topological polar surface area (TPSA) is 78.4 Å². The molecule has 382 valence electrons. The van der Waals surface area contributed by atoms with Crippen molar-refractivity contribution >= 4 is 11.9 Å². The van der Waals surface area contributed by atoms with E-state index in [1.807, 2.05) is 38.4 Å². The SMILES string of the molecule is CCCCCCCCCc1ccc(-c2ccc(C(=O)OCCC(CCCC)C(F)(F)F)cc2)nc1.CCCCCCCCc1ccc(-c2ccc(C(=O)OCCC(CCCC)C(F)(F)F)cc2)nc1. The van der Waals surface area contributed by atoms with Gasteiger partial charge in [-0.15, -0.1) is 0 Å². The lowest BCUT2D eigenvalue weighted by atomic mass is 9.98. The number of aromatic nitrogens is 2. The largest absolute Gasteiger partial charge is 0.462 e. The van der Waals surface area contributed by atoms with Crippen LogP contribution in [0.15, 0.2) is 85.2 Å². The van der Waals surface area contributed by atoms with Gasteiger partial charge >= 0.3 is 24.3 Å². The highest BCUT2D eigenvalue weighted by atomic mass is 19.4. The second kappa shape index (κ2) is 33.0. The number of nitrogens with zero attached hydrogens (tertiary/aromatic N) is 2. The molecule has 0 aliphatic rings. The van der Waals surface area contributed by atoms with Crippen molar-refractivity contribution in [3.05, 3.63) is 107 Å². The van der Waals surface area contributed by atoms with Crippen LogP contribution in [0.4, 0.5) is 26.3 Å². The molecule has 12 heteroatoms. The summed E-state index contributed by atoms with van der Waals surface area (Å²) in [5, 5.41) is 0. The Kier molecular flexibility index (Phi) is 28.0.